The van der Waals surface area contributed by atoms with Crippen molar-refractivity contribution in [1.29, 1.82) is 0 Å². The number of carbonyl (C=O) groups excluding carboxylic acids is 1. The summed E-state index contributed by atoms with van der Waals surface area (Å²) in [6, 6.07) is 1.85. The zero-order valence-electron chi connectivity index (χ0n) is 7.59. The van der Waals surface area contributed by atoms with E-state index in [1.807, 2.05) is 13.0 Å². The Balaban J connectivity index is 2.66. The normalized spacial score (nSPS) is 10.0. The largest absolute Gasteiger partial charge is 0.294 e. The Bertz CT molecular complexity index is 299. The highest BCUT2D eigenvalue weighted by Gasteiger charge is 2.04. The van der Waals surface area contributed by atoms with Crippen molar-refractivity contribution >= 4 is 17.4 Å². The SMILES string of the molecule is Cc1cncc(C(=O)CCCCl)c1. The highest BCUT2D eigenvalue weighted by atomic mass is 35.5. The smallest absolute Gasteiger partial charge is 0.164 e. The van der Waals surface area contributed by atoms with E-state index in [0.29, 0.717) is 17.9 Å². The number of hydrogen-bond donors (Lipinski definition) is 0. The molecule has 0 unspecified atom stereocenters. The van der Waals surface area contributed by atoms with Gasteiger partial charge in [0.1, 0.15) is 0 Å². The third-order valence-corrected chi connectivity index (χ3v) is 2.00. The van der Waals surface area contributed by atoms with Crippen molar-refractivity contribution in [3.8, 4) is 0 Å². The number of aryl methyl sites for hydroxylation is 1. The van der Waals surface area contributed by atoms with Crippen LogP contribution in [0.15, 0.2) is 18.5 Å². The van der Waals surface area contributed by atoms with Gasteiger partial charge < -0.3 is 0 Å². The molecule has 0 radical (unpaired) electrons. The molecule has 0 saturated carbocycles. The van der Waals surface area contributed by atoms with Crippen LogP contribution >= 0.6 is 11.6 Å². The number of halogens is 1. The fourth-order valence-electron chi connectivity index (χ4n) is 1.08. The van der Waals surface area contributed by atoms with Crippen LogP contribution in [-0.2, 0) is 0 Å². The number of alkyl halides is 1. The van der Waals surface area contributed by atoms with E-state index in [1.54, 1.807) is 12.4 Å². The highest BCUT2D eigenvalue weighted by molar-refractivity contribution is 6.18. The maximum absolute atomic E-state index is 11.5. The fourth-order valence-corrected chi connectivity index (χ4v) is 1.21. The van der Waals surface area contributed by atoms with Gasteiger partial charge in [0.25, 0.3) is 0 Å². The number of hydrogen-bond acceptors (Lipinski definition) is 2. The molecule has 1 aromatic rings. The van der Waals surface area contributed by atoms with Gasteiger partial charge in [0.2, 0.25) is 0 Å². The second-order valence-electron chi connectivity index (χ2n) is 2.97. The van der Waals surface area contributed by atoms with Crippen LogP contribution in [0.2, 0.25) is 0 Å². The first-order chi connectivity index (χ1) is 6.24. The number of pyridine rings is 1. The van der Waals surface area contributed by atoms with Gasteiger partial charge in [0, 0.05) is 30.3 Å². The summed E-state index contributed by atoms with van der Waals surface area (Å²) >= 11 is 5.50. The van der Waals surface area contributed by atoms with Crippen LogP contribution in [0.3, 0.4) is 0 Å². The summed E-state index contributed by atoms with van der Waals surface area (Å²) in [5.74, 6) is 0.655. The van der Waals surface area contributed by atoms with E-state index in [2.05, 4.69) is 4.98 Å². The lowest BCUT2D eigenvalue weighted by Crippen LogP contribution is -2.00. The molecule has 0 bridgehead atoms. The number of Topliss-reactive ketones (excluding diaryl/α,β-unsaturated/α-hetero) is 1. The van der Waals surface area contributed by atoms with Gasteiger partial charge in [-0.1, -0.05) is 0 Å². The number of nitrogens with zero attached hydrogens (tertiary/aromatic N) is 1. The van der Waals surface area contributed by atoms with Gasteiger partial charge in [-0.3, -0.25) is 9.78 Å². The molecule has 0 aliphatic rings. The molecule has 13 heavy (non-hydrogen) atoms. The van der Waals surface area contributed by atoms with Crippen molar-refractivity contribution in [2.75, 3.05) is 5.88 Å². The molecule has 1 aromatic heterocycles. The van der Waals surface area contributed by atoms with Crippen molar-refractivity contribution in [1.82, 2.24) is 4.98 Å². The third-order valence-electron chi connectivity index (χ3n) is 1.73. The molecular weight excluding hydrogens is 186 g/mol. The average molecular weight is 198 g/mol. The molecule has 1 rings (SSSR count). The molecule has 70 valence electrons. The van der Waals surface area contributed by atoms with Crippen LogP contribution < -0.4 is 0 Å². The van der Waals surface area contributed by atoms with E-state index in [9.17, 15) is 4.79 Å². The van der Waals surface area contributed by atoms with Crippen molar-refractivity contribution in [3.63, 3.8) is 0 Å². The van der Waals surface area contributed by atoms with Crippen LogP contribution in [-0.4, -0.2) is 16.6 Å². The molecule has 0 N–H and O–H groups in total. The van der Waals surface area contributed by atoms with Crippen LogP contribution in [0.25, 0.3) is 0 Å². The molecule has 0 fully saturated rings. The number of rotatable bonds is 4. The Kier molecular flexibility index (Phi) is 3.90. The van der Waals surface area contributed by atoms with E-state index in [4.69, 9.17) is 11.6 Å². The van der Waals surface area contributed by atoms with Gasteiger partial charge in [-0.05, 0) is 25.0 Å². The van der Waals surface area contributed by atoms with E-state index in [0.717, 1.165) is 12.0 Å². The summed E-state index contributed by atoms with van der Waals surface area (Å²) < 4.78 is 0. The molecule has 0 spiro atoms. The number of ketones is 1. The summed E-state index contributed by atoms with van der Waals surface area (Å²) in [6.07, 6.45) is 4.57. The molecule has 0 aliphatic carbocycles. The number of carbonyl (C=O) groups is 1. The van der Waals surface area contributed by atoms with Crippen molar-refractivity contribution in [3.05, 3.63) is 29.6 Å². The molecular formula is C10H12ClNO. The molecule has 0 saturated heterocycles. The summed E-state index contributed by atoms with van der Waals surface area (Å²) in [6.45, 7) is 1.92. The molecule has 1 heterocycles. The van der Waals surface area contributed by atoms with E-state index >= 15 is 0 Å². The standard InChI is InChI=1S/C10H12ClNO/c1-8-5-9(7-12-6-8)10(13)3-2-4-11/h5-7H,2-4H2,1H3. The summed E-state index contributed by atoms with van der Waals surface area (Å²) in [7, 11) is 0. The second kappa shape index (κ2) is 4.97. The first-order valence-corrected chi connectivity index (χ1v) is 4.78. The van der Waals surface area contributed by atoms with Gasteiger partial charge in [0.05, 0.1) is 0 Å². The maximum Gasteiger partial charge on any atom is 0.164 e. The third kappa shape index (κ3) is 3.15. The van der Waals surface area contributed by atoms with Gasteiger partial charge in [-0.25, -0.2) is 0 Å². The Labute approximate surface area is 82.9 Å². The zero-order chi connectivity index (χ0) is 9.68. The van der Waals surface area contributed by atoms with Gasteiger partial charge in [0.15, 0.2) is 5.78 Å². The van der Waals surface area contributed by atoms with Crippen molar-refractivity contribution < 1.29 is 4.79 Å². The minimum Gasteiger partial charge on any atom is -0.294 e. The second-order valence-corrected chi connectivity index (χ2v) is 3.34. The topological polar surface area (TPSA) is 30.0 Å². The Morgan fingerprint density at radius 1 is 1.54 bits per heavy atom. The van der Waals surface area contributed by atoms with Crippen molar-refractivity contribution in [2.45, 2.75) is 19.8 Å². The minimum absolute atomic E-state index is 0.122. The summed E-state index contributed by atoms with van der Waals surface area (Å²) in [4.78, 5) is 15.4. The number of aromatic nitrogens is 1. The molecule has 0 aliphatic heterocycles. The van der Waals surface area contributed by atoms with E-state index < -0.39 is 0 Å². The van der Waals surface area contributed by atoms with E-state index in [-0.39, 0.29) is 5.78 Å². The van der Waals surface area contributed by atoms with Gasteiger partial charge in [-0.15, -0.1) is 11.6 Å². The molecule has 0 aromatic carbocycles. The zero-order valence-corrected chi connectivity index (χ0v) is 8.34. The first-order valence-electron chi connectivity index (χ1n) is 4.25. The Morgan fingerprint density at radius 3 is 2.92 bits per heavy atom. The van der Waals surface area contributed by atoms with Crippen LogP contribution in [0, 0.1) is 6.92 Å². The van der Waals surface area contributed by atoms with E-state index in [1.165, 1.54) is 0 Å². The highest BCUT2D eigenvalue weighted by Crippen LogP contribution is 2.06. The van der Waals surface area contributed by atoms with Crippen LogP contribution in [0.4, 0.5) is 0 Å². The molecule has 3 heteroatoms. The average Bonchev–Trinajstić information content (AvgIpc) is 2.14. The lowest BCUT2D eigenvalue weighted by molar-refractivity contribution is 0.0981. The fraction of sp³-hybridized carbons (Fsp3) is 0.400. The van der Waals surface area contributed by atoms with Crippen molar-refractivity contribution in [2.24, 2.45) is 0 Å². The predicted molar refractivity (Wildman–Crippen MR) is 53.3 cm³/mol. The molecule has 2 nitrogen and oxygen atoms in total. The van der Waals surface area contributed by atoms with Gasteiger partial charge in [-0.2, -0.15) is 0 Å². The van der Waals surface area contributed by atoms with Crippen LogP contribution in [0.1, 0.15) is 28.8 Å². The molecule has 0 atom stereocenters. The van der Waals surface area contributed by atoms with Crippen LogP contribution in [0.5, 0.6) is 0 Å². The Hall–Kier alpha value is -0.890. The first kappa shape index (κ1) is 10.2. The quantitative estimate of drug-likeness (QED) is 0.549. The van der Waals surface area contributed by atoms with Gasteiger partial charge >= 0.3 is 0 Å². The summed E-state index contributed by atoms with van der Waals surface area (Å²) in [5.41, 5.74) is 1.70. The monoisotopic (exact) mass is 197 g/mol. The summed E-state index contributed by atoms with van der Waals surface area (Å²) in [5, 5.41) is 0. The lowest BCUT2D eigenvalue weighted by atomic mass is 10.1. The predicted octanol–water partition coefficient (Wildman–Crippen LogP) is 2.59. The molecule has 0 amide bonds. The Morgan fingerprint density at radius 2 is 2.31 bits per heavy atom. The minimum atomic E-state index is 0.122. The lowest BCUT2D eigenvalue weighted by Gasteiger charge is -1.99. The maximum atomic E-state index is 11.5.